The summed E-state index contributed by atoms with van der Waals surface area (Å²) in [4.78, 5) is 15.2. The van der Waals surface area contributed by atoms with Crippen molar-refractivity contribution in [3.05, 3.63) is 54.4 Å². The Hall–Kier alpha value is -1.87. The van der Waals surface area contributed by atoms with E-state index in [0.29, 0.717) is 5.56 Å². The van der Waals surface area contributed by atoms with Crippen LogP contribution in [-0.4, -0.2) is 18.1 Å². The first kappa shape index (κ1) is 13.2. The third-order valence-corrected chi connectivity index (χ3v) is 2.32. The van der Waals surface area contributed by atoms with E-state index in [9.17, 15) is 4.79 Å². The van der Waals surface area contributed by atoms with Gasteiger partial charge in [0.1, 0.15) is 0 Å². The number of benzene rings is 1. The van der Waals surface area contributed by atoms with Crippen LogP contribution in [0.5, 0.6) is 0 Å². The lowest BCUT2D eigenvalue weighted by atomic mass is 10.1. The van der Waals surface area contributed by atoms with Crippen LogP contribution >= 0.6 is 12.4 Å². The summed E-state index contributed by atoms with van der Waals surface area (Å²) in [6.07, 6.45) is 3.48. The molecule has 0 amide bonds. The molecule has 1 heterocycles. The van der Waals surface area contributed by atoms with Crippen molar-refractivity contribution >= 4 is 18.4 Å². The van der Waals surface area contributed by atoms with Crippen molar-refractivity contribution in [3.63, 3.8) is 0 Å². The van der Waals surface area contributed by atoms with Gasteiger partial charge >= 0.3 is 5.97 Å². The molecule has 0 bridgehead atoms. The van der Waals surface area contributed by atoms with Gasteiger partial charge < -0.3 is 4.74 Å². The van der Waals surface area contributed by atoms with Gasteiger partial charge in [-0.15, -0.1) is 12.4 Å². The zero-order valence-corrected chi connectivity index (χ0v) is 10.1. The van der Waals surface area contributed by atoms with Crippen LogP contribution in [0.3, 0.4) is 0 Å². The summed E-state index contributed by atoms with van der Waals surface area (Å²) >= 11 is 0. The molecular weight excluding hydrogens is 238 g/mol. The van der Waals surface area contributed by atoms with Crippen LogP contribution in [0.25, 0.3) is 11.1 Å². The van der Waals surface area contributed by atoms with Crippen LogP contribution in [-0.2, 0) is 4.74 Å². The number of methoxy groups -OCH3 is 1. The molecule has 2 rings (SSSR count). The molecule has 0 radical (unpaired) electrons. The molecule has 0 atom stereocenters. The number of ether oxygens (including phenoxy) is 1. The highest BCUT2D eigenvalue weighted by Gasteiger charge is 2.04. The van der Waals surface area contributed by atoms with Crippen molar-refractivity contribution in [3.8, 4) is 11.1 Å². The quantitative estimate of drug-likeness (QED) is 0.768. The van der Waals surface area contributed by atoms with Crippen LogP contribution < -0.4 is 0 Å². The average molecular weight is 250 g/mol. The Morgan fingerprint density at radius 3 is 2.06 bits per heavy atom. The minimum Gasteiger partial charge on any atom is -0.465 e. The van der Waals surface area contributed by atoms with Gasteiger partial charge in [0.2, 0.25) is 0 Å². The third-order valence-electron chi connectivity index (χ3n) is 2.32. The highest BCUT2D eigenvalue weighted by atomic mass is 35.5. The van der Waals surface area contributed by atoms with Crippen molar-refractivity contribution in [2.75, 3.05) is 7.11 Å². The molecular formula is C13H12ClNO2. The first-order valence-electron chi connectivity index (χ1n) is 4.90. The van der Waals surface area contributed by atoms with Crippen molar-refractivity contribution in [2.24, 2.45) is 0 Å². The molecule has 0 unspecified atom stereocenters. The minimum absolute atomic E-state index is 0. The second-order valence-electron chi connectivity index (χ2n) is 3.30. The van der Waals surface area contributed by atoms with E-state index in [4.69, 9.17) is 0 Å². The van der Waals surface area contributed by atoms with E-state index in [1.165, 1.54) is 7.11 Å². The zero-order chi connectivity index (χ0) is 11.4. The molecule has 0 aliphatic heterocycles. The predicted molar refractivity (Wildman–Crippen MR) is 68.3 cm³/mol. The number of halogens is 1. The van der Waals surface area contributed by atoms with Gasteiger partial charge in [0, 0.05) is 12.4 Å². The Kier molecular flexibility index (Phi) is 4.67. The fourth-order valence-corrected chi connectivity index (χ4v) is 1.46. The summed E-state index contributed by atoms with van der Waals surface area (Å²) in [7, 11) is 1.37. The van der Waals surface area contributed by atoms with Gasteiger partial charge in [0.05, 0.1) is 12.7 Å². The molecule has 0 saturated heterocycles. The lowest BCUT2D eigenvalue weighted by molar-refractivity contribution is 0.0601. The highest BCUT2D eigenvalue weighted by molar-refractivity contribution is 5.89. The van der Waals surface area contributed by atoms with Crippen LogP contribution in [0.15, 0.2) is 48.8 Å². The van der Waals surface area contributed by atoms with E-state index in [1.807, 2.05) is 24.3 Å². The van der Waals surface area contributed by atoms with Crippen LogP contribution in [0.1, 0.15) is 10.4 Å². The van der Waals surface area contributed by atoms with Gasteiger partial charge in [-0.25, -0.2) is 4.79 Å². The van der Waals surface area contributed by atoms with Crippen LogP contribution in [0.2, 0.25) is 0 Å². The number of rotatable bonds is 2. The summed E-state index contributed by atoms with van der Waals surface area (Å²) in [6, 6.07) is 11.1. The van der Waals surface area contributed by atoms with Gasteiger partial charge in [-0.2, -0.15) is 0 Å². The van der Waals surface area contributed by atoms with E-state index in [0.717, 1.165) is 11.1 Å². The normalized spacial score (nSPS) is 9.24. The van der Waals surface area contributed by atoms with Crippen LogP contribution in [0.4, 0.5) is 0 Å². The van der Waals surface area contributed by atoms with Crippen molar-refractivity contribution in [1.29, 1.82) is 0 Å². The maximum absolute atomic E-state index is 11.2. The largest absolute Gasteiger partial charge is 0.465 e. The number of esters is 1. The average Bonchev–Trinajstić information content (AvgIpc) is 2.39. The lowest BCUT2D eigenvalue weighted by Gasteiger charge is -2.02. The summed E-state index contributed by atoms with van der Waals surface area (Å²) in [5, 5.41) is 0. The molecule has 0 spiro atoms. The molecule has 4 heteroatoms. The fraction of sp³-hybridized carbons (Fsp3) is 0.0769. The van der Waals surface area contributed by atoms with E-state index < -0.39 is 0 Å². The molecule has 1 aromatic carbocycles. The van der Waals surface area contributed by atoms with Gasteiger partial charge in [-0.1, -0.05) is 12.1 Å². The number of aromatic nitrogens is 1. The first-order chi connectivity index (χ1) is 7.81. The number of pyridine rings is 1. The first-order valence-corrected chi connectivity index (χ1v) is 4.90. The Morgan fingerprint density at radius 2 is 1.53 bits per heavy atom. The van der Waals surface area contributed by atoms with Gasteiger partial charge in [0.15, 0.2) is 0 Å². The molecule has 2 aromatic rings. The number of carbonyl (C=O) groups is 1. The van der Waals surface area contributed by atoms with E-state index >= 15 is 0 Å². The van der Waals surface area contributed by atoms with E-state index in [-0.39, 0.29) is 18.4 Å². The monoisotopic (exact) mass is 249 g/mol. The number of nitrogens with zero attached hydrogens (tertiary/aromatic N) is 1. The Morgan fingerprint density at radius 1 is 1.00 bits per heavy atom. The molecule has 1 aromatic heterocycles. The summed E-state index contributed by atoms with van der Waals surface area (Å²) in [5.41, 5.74) is 2.68. The summed E-state index contributed by atoms with van der Waals surface area (Å²) in [5.74, 6) is -0.318. The number of hydrogen-bond donors (Lipinski definition) is 0. The SMILES string of the molecule is COC(=O)c1ccc(-c2ccncc2)cc1.Cl. The van der Waals surface area contributed by atoms with Crippen LogP contribution in [0, 0.1) is 0 Å². The third kappa shape index (κ3) is 3.04. The maximum Gasteiger partial charge on any atom is 0.337 e. The van der Waals surface area contributed by atoms with Crippen molar-refractivity contribution in [1.82, 2.24) is 4.98 Å². The van der Waals surface area contributed by atoms with Crippen molar-refractivity contribution in [2.45, 2.75) is 0 Å². The molecule has 0 aliphatic rings. The zero-order valence-electron chi connectivity index (χ0n) is 9.29. The van der Waals surface area contributed by atoms with Gasteiger partial charge in [-0.3, -0.25) is 4.98 Å². The summed E-state index contributed by atoms with van der Waals surface area (Å²) < 4.78 is 4.63. The van der Waals surface area contributed by atoms with Gasteiger partial charge in [0.25, 0.3) is 0 Å². The second kappa shape index (κ2) is 6.01. The number of hydrogen-bond acceptors (Lipinski definition) is 3. The molecule has 17 heavy (non-hydrogen) atoms. The molecule has 0 aliphatic carbocycles. The topological polar surface area (TPSA) is 39.2 Å². The Bertz CT molecular complexity index is 483. The summed E-state index contributed by atoms with van der Waals surface area (Å²) in [6.45, 7) is 0. The number of carbonyl (C=O) groups excluding carboxylic acids is 1. The predicted octanol–water partition coefficient (Wildman–Crippen LogP) is 2.96. The van der Waals surface area contributed by atoms with Gasteiger partial charge in [-0.05, 0) is 35.4 Å². The van der Waals surface area contributed by atoms with E-state index in [2.05, 4.69) is 9.72 Å². The molecule has 0 fully saturated rings. The highest BCUT2D eigenvalue weighted by Crippen LogP contribution is 2.18. The molecule has 0 N–H and O–H groups in total. The molecule has 0 saturated carbocycles. The Balaban J connectivity index is 0.00000144. The van der Waals surface area contributed by atoms with Crippen molar-refractivity contribution < 1.29 is 9.53 Å². The second-order valence-corrected chi connectivity index (χ2v) is 3.30. The lowest BCUT2D eigenvalue weighted by Crippen LogP contribution is -2.00. The van der Waals surface area contributed by atoms with E-state index in [1.54, 1.807) is 24.5 Å². The minimum atomic E-state index is -0.318. The molecule has 88 valence electrons. The molecule has 3 nitrogen and oxygen atoms in total. The Labute approximate surface area is 106 Å². The standard InChI is InChI=1S/C13H11NO2.ClH/c1-16-13(15)12-4-2-10(3-5-12)11-6-8-14-9-7-11;/h2-9H,1H3;1H. The fourth-order valence-electron chi connectivity index (χ4n) is 1.46. The maximum atomic E-state index is 11.2. The smallest absolute Gasteiger partial charge is 0.337 e.